The van der Waals surface area contributed by atoms with Crippen LogP contribution in [0.5, 0.6) is 0 Å². The van der Waals surface area contributed by atoms with E-state index >= 15 is 0 Å². The third-order valence-electron chi connectivity index (χ3n) is 3.52. The van der Waals surface area contributed by atoms with Gasteiger partial charge in [0.25, 0.3) is 0 Å². The van der Waals surface area contributed by atoms with Crippen molar-refractivity contribution in [3.8, 4) is 0 Å². The Morgan fingerprint density at radius 2 is 2.31 bits per heavy atom. The first-order chi connectivity index (χ1) is 7.77. The lowest BCUT2D eigenvalue weighted by Gasteiger charge is -2.30. The van der Waals surface area contributed by atoms with E-state index in [4.69, 9.17) is 5.11 Å². The maximum Gasteiger partial charge on any atom is 0.337 e. The second-order valence-electron chi connectivity index (χ2n) is 4.41. The molecular weight excluding hydrogens is 202 g/mol. The van der Waals surface area contributed by atoms with Crippen molar-refractivity contribution in [2.24, 2.45) is 5.92 Å². The highest BCUT2D eigenvalue weighted by molar-refractivity contribution is 5.95. The number of hydrogen-bond acceptors (Lipinski definition) is 2. The third-order valence-corrected chi connectivity index (χ3v) is 3.52. The summed E-state index contributed by atoms with van der Waals surface area (Å²) in [5.74, 6) is 0.136. The maximum atomic E-state index is 11.1. The molecule has 2 aliphatic rings. The van der Waals surface area contributed by atoms with Crippen molar-refractivity contribution in [1.29, 1.82) is 0 Å². The van der Waals surface area contributed by atoms with Gasteiger partial charge in [0, 0.05) is 12.5 Å². The molecule has 0 bridgehead atoms. The van der Waals surface area contributed by atoms with Gasteiger partial charge in [0.05, 0.1) is 11.3 Å². The standard InChI is InChI=1S/C13H13NO2/c15-13(16)11-6-2-5-10-9-4-1-3-8(9)7-14-12(10)11/h1-2,4-6,8-9,14H,3,7H2,(H,15,16). The lowest BCUT2D eigenvalue weighted by atomic mass is 9.83. The van der Waals surface area contributed by atoms with Crippen LogP contribution in [0.4, 0.5) is 5.69 Å². The van der Waals surface area contributed by atoms with E-state index in [-0.39, 0.29) is 0 Å². The fourth-order valence-electron chi connectivity index (χ4n) is 2.73. The number of hydrogen-bond donors (Lipinski definition) is 2. The molecular formula is C13H13NO2. The largest absolute Gasteiger partial charge is 0.478 e. The molecule has 1 aromatic rings. The van der Waals surface area contributed by atoms with Gasteiger partial charge in [-0.25, -0.2) is 4.79 Å². The molecule has 1 aliphatic carbocycles. The third kappa shape index (κ3) is 1.24. The molecule has 82 valence electrons. The number of nitrogens with one attached hydrogen (secondary N) is 1. The van der Waals surface area contributed by atoms with Gasteiger partial charge in [-0.3, -0.25) is 0 Å². The van der Waals surface area contributed by atoms with Crippen molar-refractivity contribution < 1.29 is 9.90 Å². The van der Waals surface area contributed by atoms with Crippen LogP contribution in [0.2, 0.25) is 0 Å². The molecule has 0 saturated carbocycles. The Morgan fingerprint density at radius 3 is 3.12 bits per heavy atom. The van der Waals surface area contributed by atoms with Crippen molar-refractivity contribution in [1.82, 2.24) is 0 Å². The minimum Gasteiger partial charge on any atom is -0.478 e. The summed E-state index contributed by atoms with van der Waals surface area (Å²) in [6, 6.07) is 5.52. The fourth-order valence-corrected chi connectivity index (χ4v) is 2.73. The minimum atomic E-state index is -0.857. The van der Waals surface area contributed by atoms with Gasteiger partial charge in [0.1, 0.15) is 0 Å². The molecule has 2 unspecified atom stereocenters. The molecule has 1 heterocycles. The summed E-state index contributed by atoms with van der Waals surface area (Å²) in [5, 5.41) is 12.4. The highest BCUT2D eigenvalue weighted by Gasteiger charge is 2.31. The first-order valence-corrected chi connectivity index (χ1v) is 5.54. The van der Waals surface area contributed by atoms with Crippen LogP contribution in [0.25, 0.3) is 0 Å². The molecule has 16 heavy (non-hydrogen) atoms. The van der Waals surface area contributed by atoms with E-state index in [1.54, 1.807) is 6.07 Å². The smallest absolute Gasteiger partial charge is 0.337 e. The van der Waals surface area contributed by atoms with Crippen LogP contribution < -0.4 is 5.32 Å². The van der Waals surface area contributed by atoms with Crippen molar-refractivity contribution in [3.63, 3.8) is 0 Å². The van der Waals surface area contributed by atoms with Gasteiger partial charge in [-0.2, -0.15) is 0 Å². The second-order valence-corrected chi connectivity index (χ2v) is 4.41. The minimum absolute atomic E-state index is 0.385. The Hall–Kier alpha value is -1.77. The highest BCUT2D eigenvalue weighted by Crippen LogP contribution is 2.42. The average molecular weight is 215 g/mol. The summed E-state index contributed by atoms with van der Waals surface area (Å²) in [4.78, 5) is 11.1. The number of anilines is 1. The Bertz CT molecular complexity index is 479. The summed E-state index contributed by atoms with van der Waals surface area (Å²) >= 11 is 0. The molecule has 0 saturated heterocycles. The number of fused-ring (bicyclic) bond motifs is 3. The SMILES string of the molecule is O=C(O)c1cccc2c1NCC1CC=CC21. The molecule has 3 nitrogen and oxygen atoms in total. The van der Waals surface area contributed by atoms with Crippen LogP contribution in [0, 0.1) is 5.92 Å². The quantitative estimate of drug-likeness (QED) is 0.707. The first kappa shape index (κ1) is 9.46. The lowest BCUT2D eigenvalue weighted by molar-refractivity contribution is 0.0697. The predicted octanol–water partition coefficient (Wildman–Crippen LogP) is 2.47. The fraction of sp³-hybridized carbons (Fsp3) is 0.308. The van der Waals surface area contributed by atoms with Crippen LogP contribution in [-0.2, 0) is 0 Å². The van der Waals surface area contributed by atoms with Crippen molar-refractivity contribution in [2.45, 2.75) is 12.3 Å². The zero-order valence-corrected chi connectivity index (χ0v) is 8.81. The topological polar surface area (TPSA) is 49.3 Å². The number of allylic oxidation sites excluding steroid dienone is 2. The average Bonchev–Trinajstić information content (AvgIpc) is 2.76. The number of carboxylic acid groups (broad SMARTS) is 1. The number of benzene rings is 1. The lowest BCUT2D eigenvalue weighted by Crippen LogP contribution is -2.25. The highest BCUT2D eigenvalue weighted by atomic mass is 16.4. The number of carbonyl (C=O) groups is 1. The van der Waals surface area contributed by atoms with Crippen molar-refractivity contribution >= 4 is 11.7 Å². The van der Waals surface area contributed by atoms with Crippen LogP contribution in [-0.4, -0.2) is 17.6 Å². The number of aromatic carboxylic acids is 1. The Balaban J connectivity index is 2.14. The van der Waals surface area contributed by atoms with Gasteiger partial charge in [-0.05, 0) is 24.0 Å². The summed E-state index contributed by atoms with van der Waals surface area (Å²) < 4.78 is 0. The Kier molecular flexibility index (Phi) is 1.99. The monoisotopic (exact) mass is 215 g/mol. The molecule has 0 aromatic heterocycles. The Morgan fingerprint density at radius 1 is 1.44 bits per heavy atom. The van der Waals surface area contributed by atoms with E-state index in [1.807, 2.05) is 12.1 Å². The van der Waals surface area contributed by atoms with E-state index in [2.05, 4.69) is 17.5 Å². The van der Waals surface area contributed by atoms with E-state index in [1.165, 1.54) is 0 Å². The van der Waals surface area contributed by atoms with Gasteiger partial charge in [0.2, 0.25) is 0 Å². The maximum absolute atomic E-state index is 11.1. The van der Waals surface area contributed by atoms with Crippen LogP contribution in [0.3, 0.4) is 0 Å². The van der Waals surface area contributed by atoms with Crippen LogP contribution >= 0.6 is 0 Å². The molecule has 2 atom stereocenters. The molecule has 3 rings (SSSR count). The van der Waals surface area contributed by atoms with Gasteiger partial charge in [-0.1, -0.05) is 24.3 Å². The number of para-hydroxylation sites is 1. The molecule has 0 radical (unpaired) electrons. The van der Waals surface area contributed by atoms with Crippen LogP contribution in [0.15, 0.2) is 30.4 Å². The molecule has 1 aromatic carbocycles. The number of rotatable bonds is 1. The summed E-state index contributed by atoms with van der Waals surface area (Å²) in [6.45, 7) is 0.870. The van der Waals surface area contributed by atoms with E-state index in [0.29, 0.717) is 17.4 Å². The summed E-state index contributed by atoms with van der Waals surface area (Å²) in [6.07, 6.45) is 5.49. The van der Waals surface area contributed by atoms with E-state index < -0.39 is 5.97 Å². The van der Waals surface area contributed by atoms with Gasteiger partial charge < -0.3 is 10.4 Å². The molecule has 3 heteroatoms. The molecule has 2 N–H and O–H groups in total. The van der Waals surface area contributed by atoms with Gasteiger partial charge in [0.15, 0.2) is 0 Å². The van der Waals surface area contributed by atoms with Gasteiger partial charge >= 0.3 is 5.97 Å². The van der Waals surface area contributed by atoms with E-state index in [9.17, 15) is 4.79 Å². The normalized spacial score (nSPS) is 25.8. The zero-order chi connectivity index (χ0) is 11.1. The van der Waals surface area contributed by atoms with Crippen molar-refractivity contribution in [2.75, 3.05) is 11.9 Å². The summed E-state index contributed by atoms with van der Waals surface area (Å²) in [7, 11) is 0. The number of carboxylic acids is 1. The second kappa shape index (κ2) is 3.37. The van der Waals surface area contributed by atoms with Crippen LogP contribution in [0.1, 0.15) is 28.3 Å². The van der Waals surface area contributed by atoms with Crippen molar-refractivity contribution in [3.05, 3.63) is 41.5 Å². The zero-order valence-electron chi connectivity index (χ0n) is 8.81. The predicted molar refractivity (Wildman–Crippen MR) is 61.9 cm³/mol. The summed E-state index contributed by atoms with van der Waals surface area (Å²) in [5.41, 5.74) is 2.32. The van der Waals surface area contributed by atoms with Gasteiger partial charge in [-0.15, -0.1) is 0 Å². The molecule has 0 fully saturated rings. The Labute approximate surface area is 93.8 Å². The molecule has 0 amide bonds. The molecule has 1 aliphatic heterocycles. The molecule has 0 spiro atoms. The first-order valence-electron chi connectivity index (χ1n) is 5.54. The van der Waals surface area contributed by atoms with E-state index in [0.717, 1.165) is 24.2 Å².